The number of hydrogen-bond donors (Lipinski definition) is 1. The van der Waals surface area contributed by atoms with Crippen molar-refractivity contribution in [3.05, 3.63) is 63.9 Å². The van der Waals surface area contributed by atoms with Crippen LogP contribution in [0.25, 0.3) is 0 Å². The minimum atomic E-state index is -3.75. The van der Waals surface area contributed by atoms with Gasteiger partial charge in [-0.25, -0.2) is 18.2 Å². The van der Waals surface area contributed by atoms with Gasteiger partial charge in [0.25, 0.3) is 5.91 Å². The zero-order valence-electron chi connectivity index (χ0n) is 13.5. The minimum absolute atomic E-state index is 0.160. The van der Waals surface area contributed by atoms with Crippen molar-refractivity contribution in [2.45, 2.75) is 0 Å². The first-order valence-electron chi connectivity index (χ1n) is 7.17. The van der Waals surface area contributed by atoms with Crippen LogP contribution in [0.5, 0.6) is 0 Å². The number of anilines is 1. The molecular weight excluding hydrogens is 404 g/mol. The Morgan fingerprint density at radius 2 is 1.85 bits per heavy atom. The number of benzene rings is 2. The molecule has 0 fully saturated rings. The summed E-state index contributed by atoms with van der Waals surface area (Å²) in [6, 6.07) is 9.66. The van der Waals surface area contributed by atoms with Crippen LogP contribution in [0.15, 0.2) is 47.6 Å². The third-order valence-electron chi connectivity index (χ3n) is 3.15. The fraction of sp³-hybridized carbons (Fsp3) is 0.125. The largest absolute Gasteiger partial charge is 0.271 e. The summed E-state index contributed by atoms with van der Waals surface area (Å²) >= 11 is 11.7. The molecule has 1 amide bonds. The number of nitrogens with zero attached hydrogens (tertiary/aromatic N) is 2. The second kappa shape index (κ2) is 8.48. The van der Waals surface area contributed by atoms with Crippen molar-refractivity contribution in [3.63, 3.8) is 0 Å². The van der Waals surface area contributed by atoms with Gasteiger partial charge in [-0.1, -0.05) is 35.3 Å². The van der Waals surface area contributed by atoms with Crippen molar-refractivity contribution in [2.75, 3.05) is 17.1 Å². The van der Waals surface area contributed by atoms with E-state index < -0.39 is 28.3 Å². The third kappa shape index (κ3) is 5.69. The lowest BCUT2D eigenvalue weighted by molar-refractivity contribution is -0.119. The number of amides is 1. The summed E-state index contributed by atoms with van der Waals surface area (Å²) in [5.41, 5.74) is 2.98. The lowest BCUT2D eigenvalue weighted by Gasteiger charge is -2.21. The molecule has 0 heterocycles. The highest BCUT2D eigenvalue weighted by Gasteiger charge is 2.21. The molecule has 2 aromatic rings. The van der Waals surface area contributed by atoms with Crippen molar-refractivity contribution < 1.29 is 17.6 Å². The summed E-state index contributed by atoms with van der Waals surface area (Å²) in [5, 5.41) is 4.14. The smallest absolute Gasteiger partial charge is 0.260 e. The van der Waals surface area contributed by atoms with E-state index in [0.717, 1.165) is 10.6 Å². The van der Waals surface area contributed by atoms with E-state index >= 15 is 0 Å². The average Bonchev–Trinajstić information content (AvgIpc) is 2.56. The van der Waals surface area contributed by atoms with Crippen molar-refractivity contribution >= 4 is 51.0 Å². The van der Waals surface area contributed by atoms with Crippen molar-refractivity contribution in [2.24, 2.45) is 5.10 Å². The van der Waals surface area contributed by atoms with Gasteiger partial charge in [-0.2, -0.15) is 5.10 Å². The summed E-state index contributed by atoms with van der Waals surface area (Å²) in [5.74, 6) is -1.06. The molecule has 1 N–H and O–H groups in total. The first-order valence-corrected chi connectivity index (χ1v) is 9.77. The number of nitrogens with one attached hydrogen (secondary N) is 1. The van der Waals surface area contributed by atoms with Gasteiger partial charge in [0.2, 0.25) is 10.0 Å². The van der Waals surface area contributed by atoms with Gasteiger partial charge in [0.15, 0.2) is 0 Å². The quantitative estimate of drug-likeness (QED) is 0.579. The molecule has 138 valence electrons. The fourth-order valence-corrected chi connectivity index (χ4v) is 3.07. The number of halogens is 3. The summed E-state index contributed by atoms with van der Waals surface area (Å²) in [4.78, 5) is 12.0. The molecular formula is C16H14Cl2FN3O3S. The highest BCUT2D eigenvalue weighted by atomic mass is 35.5. The van der Waals surface area contributed by atoms with Crippen LogP contribution in [0.1, 0.15) is 5.56 Å². The van der Waals surface area contributed by atoms with Crippen LogP contribution in [0, 0.1) is 5.82 Å². The Bertz CT molecular complexity index is 934. The second-order valence-electron chi connectivity index (χ2n) is 5.21. The van der Waals surface area contributed by atoms with Gasteiger partial charge in [-0.3, -0.25) is 9.10 Å². The van der Waals surface area contributed by atoms with Gasteiger partial charge in [0, 0.05) is 0 Å². The molecule has 0 aliphatic heterocycles. The predicted octanol–water partition coefficient (Wildman–Crippen LogP) is 3.05. The molecule has 26 heavy (non-hydrogen) atoms. The predicted molar refractivity (Wildman–Crippen MR) is 101 cm³/mol. The average molecular weight is 418 g/mol. The fourth-order valence-electron chi connectivity index (χ4n) is 1.93. The van der Waals surface area contributed by atoms with Gasteiger partial charge in [-0.15, -0.1) is 0 Å². The molecule has 6 nitrogen and oxygen atoms in total. The molecule has 0 unspecified atom stereocenters. The van der Waals surface area contributed by atoms with E-state index in [9.17, 15) is 17.6 Å². The van der Waals surface area contributed by atoms with Crippen LogP contribution in [-0.2, 0) is 14.8 Å². The molecule has 2 aromatic carbocycles. The van der Waals surface area contributed by atoms with Crippen molar-refractivity contribution in [3.8, 4) is 0 Å². The molecule has 0 bridgehead atoms. The molecule has 0 radical (unpaired) electrons. The first-order chi connectivity index (χ1) is 12.2. The zero-order chi connectivity index (χ0) is 19.3. The number of rotatable bonds is 6. The number of hydrazone groups is 1. The molecule has 0 saturated carbocycles. The Labute approximate surface area is 160 Å². The van der Waals surface area contributed by atoms with E-state index in [1.54, 1.807) is 0 Å². The summed E-state index contributed by atoms with van der Waals surface area (Å²) in [6.45, 7) is -0.502. The van der Waals surface area contributed by atoms with Crippen LogP contribution in [0.2, 0.25) is 10.0 Å². The van der Waals surface area contributed by atoms with E-state index in [1.165, 1.54) is 48.7 Å². The molecule has 2 rings (SSSR count). The lowest BCUT2D eigenvalue weighted by Crippen LogP contribution is -2.39. The molecule has 0 aliphatic rings. The monoisotopic (exact) mass is 417 g/mol. The van der Waals surface area contributed by atoms with Crippen LogP contribution in [0.4, 0.5) is 10.1 Å². The number of hydrogen-bond acceptors (Lipinski definition) is 4. The van der Waals surface area contributed by atoms with E-state index in [4.69, 9.17) is 23.2 Å². The topological polar surface area (TPSA) is 78.8 Å². The maximum Gasteiger partial charge on any atom is 0.260 e. The van der Waals surface area contributed by atoms with Crippen LogP contribution < -0.4 is 9.73 Å². The van der Waals surface area contributed by atoms with E-state index in [0.29, 0.717) is 5.56 Å². The summed E-state index contributed by atoms with van der Waals surface area (Å²) in [6.07, 6.45) is 2.27. The summed E-state index contributed by atoms with van der Waals surface area (Å²) in [7, 11) is -3.75. The highest BCUT2D eigenvalue weighted by Crippen LogP contribution is 2.28. The Morgan fingerprint density at radius 1 is 1.19 bits per heavy atom. The zero-order valence-corrected chi connectivity index (χ0v) is 15.8. The van der Waals surface area contributed by atoms with Crippen LogP contribution in [-0.4, -0.2) is 33.3 Å². The summed E-state index contributed by atoms with van der Waals surface area (Å²) < 4.78 is 37.7. The van der Waals surface area contributed by atoms with Gasteiger partial charge in [0.1, 0.15) is 12.4 Å². The maximum absolute atomic E-state index is 12.8. The molecule has 10 heteroatoms. The lowest BCUT2D eigenvalue weighted by atomic mass is 10.2. The second-order valence-corrected chi connectivity index (χ2v) is 7.93. The van der Waals surface area contributed by atoms with E-state index in [1.807, 2.05) is 0 Å². The number of carbonyl (C=O) groups excluding carboxylic acids is 1. The van der Waals surface area contributed by atoms with E-state index in [2.05, 4.69) is 10.5 Å². The van der Waals surface area contributed by atoms with Crippen molar-refractivity contribution in [1.29, 1.82) is 0 Å². The van der Waals surface area contributed by atoms with Gasteiger partial charge in [-0.05, 0) is 35.9 Å². The molecule has 0 saturated heterocycles. The normalized spacial score (nSPS) is 11.5. The third-order valence-corrected chi connectivity index (χ3v) is 5.03. The van der Waals surface area contributed by atoms with E-state index in [-0.39, 0.29) is 15.7 Å². The number of carbonyl (C=O) groups is 1. The highest BCUT2D eigenvalue weighted by molar-refractivity contribution is 7.92. The first kappa shape index (κ1) is 20.2. The standard InChI is InChI=1S/C16H14Cl2FN3O3S/c1-26(24,25)22(13-6-7-14(17)15(18)8-13)10-16(23)21-20-9-11-2-4-12(19)5-3-11/h2-9H,10H2,1H3,(H,21,23). The molecule has 0 spiro atoms. The van der Waals surface area contributed by atoms with Crippen molar-refractivity contribution in [1.82, 2.24) is 5.43 Å². The Hall–Kier alpha value is -2.16. The van der Waals surface area contributed by atoms with Crippen LogP contribution >= 0.6 is 23.2 Å². The van der Waals surface area contributed by atoms with Gasteiger partial charge >= 0.3 is 0 Å². The number of sulfonamides is 1. The van der Waals surface area contributed by atoms with Gasteiger partial charge in [0.05, 0.1) is 28.2 Å². The van der Waals surface area contributed by atoms with Crippen LogP contribution in [0.3, 0.4) is 0 Å². The SMILES string of the molecule is CS(=O)(=O)N(CC(=O)NN=Cc1ccc(F)cc1)c1ccc(Cl)c(Cl)c1. The Morgan fingerprint density at radius 3 is 2.42 bits per heavy atom. The minimum Gasteiger partial charge on any atom is -0.271 e. The Kier molecular flexibility index (Phi) is 6.57. The molecule has 0 atom stereocenters. The molecule has 0 aliphatic carbocycles. The maximum atomic E-state index is 12.8. The van der Waals surface area contributed by atoms with Gasteiger partial charge < -0.3 is 0 Å². The molecule has 0 aromatic heterocycles. The Balaban J connectivity index is 2.09.